The van der Waals surface area contributed by atoms with Crippen molar-refractivity contribution in [1.82, 2.24) is 4.57 Å². The Morgan fingerprint density at radius 3 is 2.08 bits per heavy atom. The summed E-state index contributed by atoms with van der Waals surface area (Å²) in [6.45, 7) is 0. The summed E-state index contributed by atoms with van der Waals surface area (Å²) in [5.74, 6) is -1.76. The first kappa shape index (κ1) is 17.4. The minimum absolute atomic E-state index is 0.0462. The Kier molecular flexibility index (Phi) is 4.84. The standard InChI is InChI=1S/C20H16FNO4/c1-25-19(23)17-16(13-8-10-14(21)11-9-13)12-22(18(17)20(24)26-2)15-6-4-3-5-7-15/h3-12H,1-2H3. The molecule has 0 atom stereocenters. The highest BCUT2D eigenvalue weighted by atomic mass is 19.1. The molecule has 3 aromatic rings. The molecule has 0 aliphatic heterocycles. The molecule has 0 aliphatic carbocycles. The normalized spacial score (nSPS) is 10.4. The second-order valence-corrected chi connectivity index (χ2v) is 5.46. The molecule has 132 valence electrons. The zero-order valence-corrected chi connectivity index (χ0v) is 14.2. The van der Waals surface area contributed by atoms with Gasteiger partial charge in [-0.15, -0.1) is 0 Å². The van der Waals surface area contributed by atoms with Gasteiger partial charge in [-0.05, 0) is 29.8 Å². The molecule has 0 aliphatic rings. The fourth-order valence-corrected chi connectivity index (χ4v) is 2.75. The van der Waals surface area contributed by atoms with Crippen LogP contribution in [-0.4, -0.2) is 30.7 Å². The predicted molar refractivity (Wildman–Crippen MR) is 93.8 cm³/mol. The van der Waals surface area contributed by atoms with Crippen molar-refractivity contribution in [3.05, 3.63) is 77.9 Å². The van der Waals surface area contributed by atoms with E-state index in [2.05, 4.69) is 0 Å². The van der Waals surface area contributed by atoms with E-state index in [-0.39, 0.29) is 11.3 Å². The minimum Gasteiger partial charge on any atom is -0.465 e. The summed E-state index contributed by atoms with van der Waals surface area (Å²) in [6.07, 6.45) is 1.64. The molecule has 0 fully saturated rings. The quantitative estimate of drug-likeness (QED) is 0.669. The average molecular weight is 353 g/mol. The van der Waals surface area contributed by atoms with Crippen LogP contribution in [0.1, 0.15) is 20.8 Å². The molecule has 1 heterocycles. The topological polar surface area (TPSA) is 57.5 Å². The SMILES string of the molecule is COC(=O)c1c(-c2ccc(F)cc2)cn(-c2ccccc2)c1C(=O)OC. The first-order valence-corrected chi connectivity index (χ1v) is 7.80. The molecule has 6 heteroatoms. The number of ether oxygens (including phenoxy) is 2. The smallest absolute Gasteiger partial charge is 0.355 e. The summed E-state index contributed by atoms with van der Waals surface area (Å²) in [7, 11) is 2.47. The third-order valence-electron chi connectivity index (χ3n) is 3.96. The van der Waals surface area contributed by atoms with Gasteiger partial charge in [0, 0.05) is 17.4 Å². The Bertz CT molecular complexity index is 946. The molecule has 0 amide bonds. The van der Waals surface area contributed by atoms with E-state index in [9.17, 15) is 14.0 Å². The maximum atomic E-state index is 13.3. The van der Waals surface area contributed by atoms with E-state index in [1.165, 1.54) is 38.5 Å². The molecule has 0 unspecified atom stereocenters. The fourth-order valence-electron chi connectivity index (χ4n) is 2.75. The van der Waals surface area contributed by atoms with Crippen molar-refractivity contribution in [3.63, 3.8) is 0 Å². The number of halogens is 1. The van der Waals surface area contributed by atoms with Crippen molar-refractivity contribution in [2.45, 2.75) is 0 Å². The van der Waals surface area contributed by atoms with E-state index in [1.54, 1.807) is 22.9 Å². The molecule has 3 rings (SSSR count). The summed E-state index contributed by atoms with van der Waals surface area (Å²) in [5.41, 5.74) is 1.80. The van der Waals surface area contributed by atoms with Gasteiger partial charge in [0.1, 0.15) is 17.1 Å². The van der Waals surface area contributed by atoms with E-state index >= 15 is 0 Å². The van der Waals surface area contributed by atoms with Crippen LogP contribution in [0.25, 0.3) is 16.8 Å². The summed E-state index contributed by atoms with van der Waals surface area (Å²) < 4.78 is 24.6. The summed E-state index contributed by atoms with van der Waals surface area (Å²) >= 11 is 0. The maximum Gasteiger partial charge on any atom is 0.355 e. The number of para-hydroxylation sites is 1. The van der Waals surface area contributed by atoms with Crippen molar-refractivity contribution < 1.29 is 23.5 Å². The average Bonchev–Trinajstić information content (AvgIpc) is 3.08. The lowest BCUT2D eigenvalue weighted by atomic mass is 10.0. The summed E-state index contributed by atoms with van der Waals surface area (Å²) in [4.78, 5) is 24.9. The molecule has 1 aromatic heterocycles. The molecule has 0 spiro atoms. The van der Waals surface area contributed by atoms with Crippen molar-refractivity contribution in [2.75, 3.05) is 14.2 Å². The van der Waals surface area contributed by atoms with Gasteiger partial charge in [-0.1, -0.05) is 30.3 Å². The monoisotopic (exact) mass is 353 g/mol. The van der Waals surface area contributed by atoms with Crippen molar-refractivity contribution in [3.8, 4) is 16.8 Å². The molecule has 26 heavy (non-hydrogen) atoms. The van der Waals surface area contributed by atoms with Gasteiger partial charge in [-0.25, -0.2) is 14.0 Å². The van der Waals surface area contributed by atoms with E-state index < -0.39 is 17.8 Å². The van der Waals surface area contributed by atoms with Crippen molar-refractivity contribution in [2.24, 2.45) is 0 Å². The number of hydrogen-bond acceptors (Lipinski definition) is 4. The predicted octanol–water partition coefficient (Wildman–Crippen LogP) is 3.86. The highest BCUT2D eigenvalue weighted by Crippen LogP contribution is 2.32. The zero-order valence-electron chi connectivity index (χ0n) is 14.2. The first-order chi connectivity index (χ1) is 12.6. The molecule has 0 saturated heterocycles. The van der Waals surface area contributed by atoms with Gasteiger partial charge in [0.25, 0.3) is 0 Å². The van der Waals surface area contributed by atoms with E-state index in [0.29, 0.717) is 16.8 Å². The second-order valence-electron chi connectivity index (χ2n) is 5.46. The summed E-state index contributed by atoms with van der Waals surface area (Å²) in [6, 6.07) is 14.7. The highest BCUT2D eigenvalue weighted by Gasteiger charge is 2.29. The zero-order chi connectivity index (χ0) is 18.7. The van der Waals surface area contributed by atoms with Crippen LogP contribution in [0.2, 0.25) is 0 Å². The van der Waals surface area contributed by atoms with Crippen LogP contribution in [0, 0.1) is 5.82 Å². The van der Waals surface area contributed by atoms with Gasteiger partial charge >= 0.3 is 11.9 Å². The first-order valence-electron chi connectivity index (χ1n) is 7.80. The largest absolute Gasteiger partial charge is 0.465 e. The molecule has 2 aromatic carbocycles. The Morgan fingerprint density at radius 2 is 1.50 bits per heavy atom. The lowest BCUT2D eigenvalue weighted by Gasteiger charge is -2.09. The van der Waals surface area contributed by atoms with Crippen LogP contribution in [0.5, 0.6) is 0 Å². The van der Waals surface area contributed by atoms with Crippen molar-refractivity contribution in [1.29, 1.82) is 0 Å². The number of rotatable bonds is 4. The van der Waals surface area contributed by atoms with Crippen LogP contribution >= 0.6 is 0 Å². The molecule has 0 bridgehead atoms. The number of methoxy groups -OCH3 is 2. The van der Waals surface area contributed by atoms with Gasteiger partial charge in [-0.2, -0.15) is 0 Å². The van der Waals surface area contributed by atoms with Gasteiger partial charge in [-0.3, -0.25) is 0 Å². The van der Waals surface area contributed by atoms with Crippen LogP contribution < -0.4 is 0 Å². The summed E-state index contributed by atoms with van der Waals surface area (Å²) in [5, 5.41) is 0. The molecular weight excluding hydrogens is 337 g/mol. The second kappa shape index (κ2) is 7.23. The molecular formula is C20H16FNO4. The van der Waals surface area contributed by atoms with E-state index in [0.717, 1.165) is 0 Å². The minimum atomic E-state index is -0.681. The fraction of sp³-hybridized carbons (Fsp3) is 0.100. The number of carbonyl (C=O) groups excluding carboxylic acids is 2. The molecule has 5 nitrogen and oxygen atoms in total. The Hall–Kier alpha value is -3.41. The van der Waals surface area contributed by atoms with Crippen LogP contribution in [-0.2, 0) is 9.47 Å². The third kappa shape index (κ3) is 3.09. The van der Waals surface area contributed by atoms with Crippen LogP contribution in [0.15, 0.2) is 60.8 Å². The number of hydrogen-bond donors (Lipinski definition) is 0. The number of carbonyl (C=O) groups is 2. The molecule has 0 radical (unpaired) electrons. The van der Waals surface area contributed by atoms with Crippen molar-refractivity contribution >= 4 is 11.9 Å². The van der Waals surface area contributed by atoms with Gasteiger partial charge < -0.3 is 14.0 Å². The lowest BCUT2D eigenvalue weighted by molar-refractivity contribution is 0.0550. The van der Waals surface area contributed by atoms with E-state index in [4.69, 9.17) is 9.47 Å². The van der Waals surface area contributed by atoms with Crippen LogP contribution in [0.3, 0.4) is 0 Å². The molecule has 0 saturated carbocycles. The maximum absolute atomic E-state index is 13.3. The number of esters is 2. The van der Waals surface area contributed by atoms with E-state index in [1.807, 2.05) is 18.2 Å². The van der Waals surface area contributed by atoms with Gasteiger partial charge in [0.2, 0.25) is 0 Å². The van der Waals surface area contributed by atoms with Crippen LogP contribution in [0.4, 0.5) is 4.39 Å². The van der Waals surface area contributed by atoms with Gasteiger partial charge in [0.15, 0.2) is 0 Å². The van der Waals surface area contributed by atoms with Gasteiger partial charge in [0.05, 0.1) is 14.2 Å². The Balaban J connectivity index is 2.33. The number of nitrogens with zero attached hydrogens (tertiary/aromatic N) is 1. The Labute approximate surface area is 149 Å². The third-order valence-corrected chi connectivity index (χ3v) is 3.96. The lowest BCUT2D eigenvalue weighted by Crippen LogP contribution is -2.15. The number of benzene rings is 2. The molecule has 0 N–H and O–H groups in total. The highest BCUT2D eigenvalue weighted by molar-refractivity contribution is 6.08. The Morgan fingerprint density at radius 1 is 0.885 bits per heavy atom. The number of aromatic nitrogens is 1.